The van der Waals surface area contributed by atoms with Crippen LogP contribution in [0.5, 0.6) is 0 Å². The highest BCUT2D eigenvalue weighted by Crippen LogP contribution is 2.43. The minimum absolute atomic E-state index is 0.0778. The highest BCUT2D eigenvalue weighted by atomic mass is 16.2. The Morgan fingerprint density at radius 2 is 2.00 bits per heavy atom. The van der Waals surface area contributed by atoms with Crippen molar-refractivity contribution in [1.82, 2.24) is 14.9 Å². The van der Waals surface area contributed by atoms with E-state index in [9.17, 15) is 4.79 Å². The van der Waals surface area contributed by atoms with Crippen LogP contribution in [0.1, 0.15) is 64.7 Å². The first-order chi connectivity index (χ1) is 10.5. The molecule has 3 rings (SSSR count). The number of hydrogen-bond acceptors (Lipinski definition) is 3. The fraction of sp³-hybridized carbons (Fsp3) is 0.722. The first-order valence-corrected chi connectivity index (χ1v) is 8.54. The Bertz CT molecular complexity index is 528. The Balaban J connectivity index is 1.76. The summed E-state index contributed by atoms with van der Waals surface area (Å²) in [5.41, 5.74) is 0.274. The number of nitrogens with zero attached hydrogens (tertiary/aromatic N) is 3. The third-order valence-electron chi connectivity index (χ3n) is 5.16. The van der Waals surface area contributed by atoms with Crippen molar-refractivity contribution >= 4 is 5.91 Å². The molecule has 1 saturated carbocycles. The topological polar surface area (TPSA) is 46.1 Å². The van der Waals surface area contributed by atoms with Gasteiger partial charge in [0.1, 0.15) is 0 Å². The summed E-state index contributed by atoms with van der Waals surface area (Å²) in [4.78, 5) is 23.9. The minimum atomic E-state index is 0.0778. The third-order valence-corrected chi connectivity index (χ3v) is 5.16. The lowest BCUT2D eigenvalue weighted by Gasteiger charge is -2.40. The van der Waals surface area contributed by atoms with E-state index >= 15 is 0 Å². The van der Waals surface area contributed by atoms with Crippen molar-refractivity contribution in [2.75, 3.05) is 6.54 Å². The molecule has 1 amide bonds. The second-order valence-corrected chi connectivity index (χ2v) is 7.91. The normalized spacial score (nSPS) is 31.2. The second kappa shape index (κ2) is 5.98. The Morgan fingerprint density at radius 1 is 1.27 bits per heavy atom. The molecule has 4 nitrogen and oxygen atoms in total. The summed E-state index contributed by atoms with van der Waals surface area (Å²) in [6.45, 7) is 7.73. The van der Waals surface area contributed by atoms with E-state index in [1.807, 2.05) is 11.0 Å². The fourth-order valence-electron chi connectivity index (χ4n) is 4.55. The van der Waals surface area contributed by atoms with E-state index < -0.39 is 0 Å². The molecule has 1 aliphatic heterocycles. The van der Waals surface area contributed by atoms with E-state index in [1.165, 1.54) is 6.42 Å². The van der Waals surface area contributed by atoms with Gasteiger partial charge in [-0.15, -0.1) is 0 Å². The third kappa shape index (κ3) is 3.16. The van der Waals surface area contributed by atoms with Crippen LogP contribution in [0.15, 0.2) is 18.5 Å². The van der Waals surface area contributed by atoms with Crippen LogP contribution in [0.2, 0.25) is 0 Å². The van der Waals surface area contributed by atoms with Crippen LogP contribution in [0, 0.1) is 17.3 Å². The highest BCUT2D eigenvalue weighted by molar-refractivity contribution is 5.79. The van der Waals surface area contributed by atoms with Crippen molar-refractivity contribution in [3.05, 3.63) is 24.3 Å². The van der Waals surface area contributed by atoms with E-state index in [0.717, 1.165) is 38.1 Å². The lowest BCUT2D eigenvalue weighted by atomic mass is 9.67. The Kier molecular flexibility index (Phi) is 4.20. The summed E-state index contributed by atoms with van der Waals surface area (Å²) >= 11 is 0. The van der Waals surface area contributed by atoms with Gasteiger partial charge in [-0.1, -0.05) is 20.8 Å². The molecule has 0 N–H and O–H groups in total. The van der Waals surface area contributed by atoms with Crippen molar-refractivity contribution in [1.29, 1.82) is 0 Å². The number of rotatable bonds is 2. The lowest BCUT2D eigenvalue weighted by Crippen LogP contribution is -2.41. The molecule has 1 aliphatic carbocycles. The molecule has 0 aromatic carbocycles. The summed E-state index contributed by atoms with van der Waals surface area (Å²) in [5, 5.41) is 0. The van der Waals surface area contributed by atoms with E-state index in [2.05, 4.69) is 30.7 Å². The van der Waals surface area contributed by atoms with E-state index in [4.69, 9.17) is 0 Å². The Labute approximate surface area is 133 Å². The van der Waals surface area contributed by atoms with Crippen LogP contribution in [0.4, 0.5) is 0 Å². The van der Waals surface area contributed by atoms with Gasteiger partial charge >= 0.3 is 0 Å². The van der Waals surface area contributed by atoms with Crippen molar-refractivity contribution in [2.24, 2.45) is 17.3 Å². The van der Waals surface area contributed by atoms with E-state index in [0.29, 0.717) is 11.8 Å². The average molecular weight is 301 g/mol. The molecule has 2 heterocycles. The van der Waals surface area contributed by atoms with Gasteiger partial charge in [0.05, 0.1) is 6.04 Å². The zero-order valence-electron chi connectivity index (χ0n) is 14.0. The Hall–Kier alpha value is -1.45. The molecule has 120 valence electrons. The summed E-state index contributed by atoms with van der Waals surface area (Å²) in [6, 6.07) is 1.91. The number of likely N-dealkylation sites (tertiary alicyclic amines) is 1. The molecule has 2 fully saturated rings. The molecule has 1 aromatic heterocycles. The quantitative estimate of drug-likeness (QED) is 0.838. The largest absolute Gasteiger partial charge is 0.332 e. The maximum atomic E-state index is 13.1. The standard InChI is InChI=1S/C18H27N3O/c1-13-10-14(12-18(2,3)11-13)17(22)21-9-4-6-15(21)16-19-7-5-8-20-16/h5,7-8,13-15H,4,6,9-12H2,1-3H3. The molecule has 4 heteroatoms. The predicted octanol–water partition coefficient (Wildman–Crippen LogP) is 3.60. The van der Waals surface area contributed by atoms with Gasteiger partial charge in [-0.3, -0.25) is 4.79 Å². The van der Waals surface area contributed by atoms with Crippen LogP contribution >= 0.6 is 0 Å². The lowest BCUT2D eigenvalue weighted by molar-refractivity contribution is -0.139. The number of hydrogen-bond donors (Lipinski definition) is 0. The maximum Gasteiger partial charge on any atom is 0.226 e. The van der Waals surface area contributed by atoms with Crippen LogP contribution < -0.4 is 0 Å². The molecular formula is C18H27N3O. The van der Waals surface area contributed by atoms with Crippen LogP contribution in [0.3, 0.4) is 0 Å². The van der Waals surface area contributed by atoms with Gasteiger partial charge in [0, 0.05) is 24.9 Å². The second-order valence-electron chi connectivity index (χ2n) is 7.91. The highest BCUT2D eigenvalue weighted by Gasteiger charge is 2.40. The molecule has 1 aromatic rings. The van der Waals surface area contributed by atoms with Gasteiger partial charge in [-0.25, -0.2) is 9.97 Å². The number of carbonyl (C=O) groups excluding carboxylic acids is 1. The summed E-state index contributed by atoms with van der Waals surface area (Å²) in [5.74, 6) is 1.93. The molecular weight excluding hydrogens is 274 g/mol. The fourth-order valence-corrected chi connectivity index (χ4v) is 4.55. The molecule has 0 bridgehead atoms. The summed E-state index contributed by atoms with van der Waals surface area (Å²) in [6.07, 6.45) is 8.85. The van der Waals surface area contributed by atoms with Gasteiger partial charge < -0.3 is 4.90 Å². The van der Waals surface area contributed by atoms with Crippen LogP contribution in [-0.2, 0) is 4.79 Å². The number of carbonyl (C=O) groups is 1. The number of aromatic nitrogens is 2. The molecule has 3 unspecified atom stereocenters. The SMILES string of the molecule is CC1CC(C(=O)N2CCCC2c2ncccn2)CC(C)(C)C1. The van der Waals surface area contributed by atoms with Crippen molar-refractivity contribution in [3.63, 3.8) is 0 Å². The van der Waals surface area contributed by atoms with E-state index in [1.54, 1.807) is 12.4 Å². The van der Waals surface area contributed by atoms with Gasteiger partial charge in [0.25, 0.3) is 0 Å². The monoisotopic (exact) mass is 301 g/mol. The zero-order valence-corrected chi connectivity index (χ0v) is 14.0. The molecule has 22 heavy (non-hydrogen) atoms. The smallest absolute Gasteiger partial charge is 0.226 e. The van der Waals surface area contributed by atoms with Gasteiger partial charge in [-0.05, 0) is 49.5 Å². The first-order valence-electron chi connectivity index (χ1n) is 8.54. The van der Waals surface area contributed by atoms with Gasteiger partial charge in [0.15, 0.2) is 5.82 Å². The van der Waals surface area contributed by atoms with Crippen molar-refractivity contribution in [3.8, 4) is 0 Å². The summed E-state index contributed by atoms with van der Waals surface area (Å²) < 4.78 is 0. The van der Waals surface area contributed by atoms with Gasteiger partial charge in [-0.2, -0.15) is 0 Å². The first kappa shape index (κ1) is 15.4. The van der Waals surface area contributed by atoms with Crippen molar-refractivity contribution < 1.29 is 4.79 Å². The molecule has 0 spiro atoms. The van der Waals surface area contributed by atoms with E-state index in [-0.39, 0.29) is 17.4 Å². The average Bonchev–Trinajstić information content (AvgIpc) is 2.94. The minimum Gasteiger partial charge on any atom is -0.332 e. The van der Waals surface area contributed by atoms with Crippen molar-refractivity contribution in [2.45, 2.75) is 58.9 Å². The number of amides is 1. The van der Waals surface area contributed by atoms with Crippen LogP contribution in [-0.4, -0.2) is 27.3 Å². The van der Waals surface area contributed by atoms with Gasteiger partial charge in [0.2, 0.25) is 5.91 Å². The summed E-state index contributed by atoms with van der Waals surface area (Å²) in [7, 11) is 0. The van der Waals surface area contributed by atoms with Crippen LogP contribution in [0.25, 0.3) is 0 Å². The molecule has 3 atom stereocenters. The molecule has 0 radical (unpaired) electrons. The predicted molar refractivity (Wildman–Crippen MR) is 86.0 cm³/mol. The Morgan fingerprint density at radius 3 is 2.68 bits per heavy atom. The molecule has 1 saturated heterocycles. The zero-order chi connectivity index (χ0) is 15.7. The maximum absolute atomic E-state index is 13.1. The molecule has 2 aliphatic rings.